The van der Waals surface area contributed by atoms with Crippen LogP contribution < -0.4 is 4.90 Å². The van der Waals surface area contributed by atoms with E-state index in [2.05, 4.69) is 58.4 Å². The summed E-state index contributed by atoms with van der Waals surface area (Å²) in [4.78, 5) is 5.69. The third-order valence-electron chi connectivity index (χ3n) is 4.36. The summed E-state index contributed by atoms with van der Waals surface area (Å²) in [6.07, 6.45) is 2.96. The van der Waals surface area contributed by atoms with E-state index < -0.39 is 0 Å². The molecule has 0 bridgehead atoms. The lowest BCUT2D eigenvalue weighted by Gasteiger charge is -2.30. The Morgan fingerprint density at radius 2 is 1.86 bits per heavy atom. The summed E-state index contributed by atoms with van der Waals surface area (Å²) >= 11 is 0. The number of fused-ring (bicyclic) bond motifs is 1. The number of hydrogen-bond donors (Lipinski definition) is 1. The zero-order valence-electron chi connectivity index (χ0n) is 12.6. The fraction of sp³-hybridized carbons (Fsp3) is 0.263. The smallest absolute Gasteiger partial charge is 0.0642 e. The minimum atomic E-state index is 0.823. The highest BCUT2D eigenvalue weighted by Gasteiger charge is 2.14. The maximum absolute atomic E-state index is 5.47. The molecule has 112 valence electrons. The van der Waals surface area contributed by atoms with Gasteiger partial charge in [0.2, 0.25) is 0 Å². The van der Waals surface area contributed by atoms with Gasteiger partial charge in [-0.3, -0.25) is 0 Å². The summed E-state index contributed by atoms with van der Waals surface area (Å²) in [6, 6.07) is 17.5. The Labute approximate surface area is 130 Å². The molecule has 2 aromatic carbocycles. The van der Waals surface area contributed by atoms with Crippen LogP contribution in [0.3, 0.4) is 0 Å². The van der Waals surface area contributed by atoms with E-state index in [9.17, 15) is 0 Å². The van der Waals surface area contributed by atoms with Crippen LogP contribution in [0.4, 0.5) is 5.69 Å². The van der Waals surface area contributed by atoms with Crippen molar-refractivity contribution in [2.45, 2.75) is 6.42 Å². The number of ether oxygens (including phenoxy) is 1. The highest BCUT2D eigenvalue weighted by atomic mass is 16.5. The molecule has 1 aliphatic heterocycles. The van der Waals surface area contributed by atoms with Crippen LogP contribution in [-0.4, -0.2) is 31.3 Å². The molecule has 3 aromatic rings. The summed E-state index contributed by atoms with van der Waals surface area (Å²) in [6.45, 7) is 3.61. The van der Waals surface area contributed by atoms with Crippen LogP contribution >= 0.6 is 0 Å². The van der Waals surface area contributed by atoms with Crippen molar-refractivity contribution in [3.05, 3.63) is 65.9 Å². The normalized spacial score (nSPS) is 15.4. The molecule has 0 radical (unpaired) electrons. The molecular formula is C19H20N2O. The predicted molar refractivity (Wildman–Crippen MR) is 90.6 cm³/mol. The van der Waals surface area contributed by atoms with E-state index >= 15 is 0 Å². The van der Waals surface area contributed by atoms with Crippen molar-refractivity contribution < 1.29 is 4.74 Å². The number of anilines is 1. The second kappa shape index (κ2) is 5.85. The van der Waals surface area contributed by atoms with Gasteiger partial charge >= 0.3 is 0 Å². The van der Waals surface area contributed by atoms with Gasteiger partial charge in [0.15, 0.2) is 0 Å². The molecule has 1 aliphatic rings. The maximum Gasteiger partial charge on any atom is 0.0642 e. The zero-order valence-corrected chi connectivity index (χ0v) is 12.6. The van der Waals surface area contributed by atoms with Gasteiger partial charge in [-0.05, 0) is 47.2 Å². The summed E-state index contributed by atoms with van der Waals surface area (Å²) in [5.41, 5.74) is 5.29. The lowest BCUT2D eigenvalue weighted by molar-refractivity contribution is 0.122. The third kappa shape index (κ3) is 2.60. The van der Waals surface area contributed by atoms with Gasteiger partial charge in [-0.25, -0.2) is 0 Å². The zero-order chi connectivity index (χ0) is 14.8. The monoisotopic (exact) mass is 292 g/mol. The van der Waals surface area contributed by atoms with E-state index in [4.69, 9.17) is 4.74 Å². The molecule has 0 spiro atoms. The second-order valence-corrected chi connectivity index (χ2v) is 5.80. The number of hydrogen-bond acceptors (Lipinski definition) is 2. The number of nitrogens with zero attached hydrogens (tertiary/aromatic N) is 1. The van der Waals surface area contributed by atoms with Crippen LogP contribution in [0.2, 0.25) is 0 Å². The summed E-state index contributed by atoms with van der Waals surface area (Å²) < 4.78 is 5.47. The first-order valence-corrected chi connectivity index (χ1v) is 7.87. The molecule has 4 rings (SSSR count). The average molecular weight is 292 g/mol. The molecule has 0 saturated carbocycles. The summed E-state index contributed by atoms with van der Waals surface area (Å²) in [5, 5.41) is 1.28. The first-order chi connectivity index (χ1) is 10.9. The number of rotatable bonds is 3. The Balaban J connectivity index is 1.64. The average Bonchev–Trinajstić information content (AvgIpc) is 3.04. The van der Waals surface area contributed by atoms with Crippen molar-refractivity contribution in [3.8, 4) is 0 Å². The molecule has 3 heteroatoms. The van der Waals surface area contributed by atoms with Gasteiger partial charge in [0, 0.05) is 30.5 Å². The van der Waals surface area contributed by atoms with Crippen LogP contribution in [0.25, 0.3) is 10.9 Å². The molecule has 0 unspecified atom stereocenters. The van der Waals surface area contributed by atoms with Gasteiger partial charge in [-0.2, -0.15) is 0 Å². The fourth-order valence-corrected chi connectivity index (χ4v) is 3.21. The third-order valence-corrected chi connectivity index (χ3v) is 4.36. The van der Waals surface area contributed by atoms with Crippen molar-refractivity contribution in [2.75, 3.05) is 31.2 Å². The number of para-hydroxylation sites is 1. The van der Waals surface area contributed by atoms with Gasteiger partial charge in [0.25, 0.3) is 0 Å². The van der Waals surface area contributed by atoms with Crippen molar-refractivity contribution >= 4 is 16.6 Å². The Kier molecular flexibility index (Phi) is 3.57. The Morgan fingerprint density at radius 1 is 1.00 bits per heavy atom. The van der Waals surface area contributed by atoms with Crippen molar-refractivity contribution in [3.63, 3.8) is 0 Å². The molecule has 0 aliphatic carbocycles. The molecule has 1 N–H and O–H groups in total. The predicted octanol–water partition coefficient (Wildman–Crippen LogP) is 3.60. The maximum atomic E-state index is 5.47. The van der Waals surface area contributed by atoms with Crippen molar-refractivity contribution in [1.29, 1.82) is 0 Å². The Morgan fingerprint density at radius 3 is 2.77 bits per heavy atom. The number of aromatic amines is 1. The van der Waals surface area contributed by atoms with E-state index in [0.29, 0.717) is 0 Å². The number of nitrogens with one attached hydrogen (secondary N) is 1. The highest BCUT2D eigenvalue weighted by molar-refractivity contribution is 5.80. The number of aromatic nitrogens is 1. The molecule has 22 heavy (non-hydrogen) atoms. The van der Waals surface area contributed by atoms with Gasteiger partial charge in [0.1, 0.15) is 0 Å². The first kappa shape index (κ1) is 13.4. The lowest BCUT2D eigenvalue weighted by atomic mass is 10.0. The molecule has 2 heterocycles. The lowest BCUT2D eigenvalue weighted by Crippen LogP contribution is -2.36. The van der Waals surface area contributed by atoms with E-state index in [1.807, 2.05) is 6.20 Å². The van der Waals surface area contributed by atoms with Gasteiger partial charge < -0.3 is 14.6 Å². The van der Waals surface area contributed by atoms with Crippen molar-refractivity contribution in [1.82, 2.24) is 4.98 Å². The molecule has 3 nitrogen and oxygen atoms in total. The van der Waals surface area contributed by atoms with Crippen LogP contribution in [-0.2, 0) is 11.2 Å². The molecule has 1 aromatic heterocycles. The van der Waals surface area contributed by atoms with Gasteiger partial charge in [0.05, 0.1) is 13.2 Å². The molecular weight excluding hydrogens is 272 g/mol. The molecule has 0 amide bonds. The second-order valence-electron chi connectivity index (χ2n) is 5.80. The number of H-pyrrole nitrogens is 1. The minimum absolute atomic E-state index is 0.823. The number of benzene rings is 2. The molecule has 1 saturated heterocycles. The van der Waals surface area contributed by atoms with E-state index in [-0.39, 0.29) is 0 Å². The summed E-state index contributed by atoms with van der Waals surface area (Å²) in [5.74, 6) is 0. The fourth-order valence-electron chi connectivity index (χ4n) is 3.21. The first-order valence-electron chi connectivity index (χ1n) is 7.87. The van der Waals surface area contributed by atoms with Crippen molar-refractivity contribution in [2.24, 2.45) is 0 Å². The Bertz CT molecular complexity index is 772. The summed E-state index contributed by atoms with van der Waals surface area (Å²) in [7, 11) is 0. The highest BCUT2D eigenvalue weighted by Crippen LogP contribution is 2.25. The van der Waals surface area contributed by atoms with Gasteiger partial charge in [-0.15, -0.1) is 0 Å². The standard InChI is InChI=1S/C19H20N2O/c1-2-4-19(21-9-11-22-12-10-21)17(3-1)14-15-5-6-18-16(13-15)7-8-20-18/h1-8,13,20H,9-12,14H2. The minimum Gasteiger partial charge on any atom is -0.378 e. The van der Waals surface area contributed by atoms with E-state index in [1.165, 1.54) is 27.7 Å². The quantitative estimate of drug-likeness (QED) is 0.799. The number of morpholine rings is 1. The van der Waals surface area contributed by atoms with Crippen LogP contribution in [0, 0.1) is 0 Å². The van der Waals surface area contributed by atoms with Crippen LogP contribution in [0.5, 0.6) is 0 Å². The van der Waals surface area contributed by atoms with Crippen LogP contribution in [0.15, 0.2) is 54.7 Å². The Hall–Kier alpha value is -2.26. The molecule has 0 atom stereocenters. The topological polar surface area (TPSA) is 28.3 Å². The SMILES string of the molecule is c1ccc(N2CCOCC2)c(Cc2ccc3[nH]ccc3c2)c1. The largest absolute Gasteiger partial charge is 0.378 e. The van der Waals surface area contributed by atoms with E-state index in [0.717, 1.165) is 32.7 Å². The van der Waals surface area contributed by atoms with Crippen LogP contribution in [0.1, 0.15) is 11.1 Å². The molecule has 1 fully saturated rings. The van der Waals surface area contributed by atoms with E-state index in [1.54, 1.807) is 0 Å². The van der Waals surface area contributed by atoms with Gasteiger partial charge in [-0.1, -0.05) is 24.3 Å².